The molecule has 1 N–H and O–H groups in total. The third-order valence-electron chi connectivity index (χ3n) is 2.69. The zero-order valence-electron chi connectivity index (χ0n) is 10.2. The van der Waals surface area contributed by atoms with Crippen LogP contribution in [0, 0.1) is 5.92 Å². The standard InChI is InChI=1S/C10H16F3N3O/c1-5(2)7(6(3)14-4)8-15-9(16-17-8)10(11,12)13/h5-7,14H,1-4H3. The van der Waals surface area contributed by atoms with Crippen LogP contribution in [-0.4, -0.2) is 23.2 Å². The Bertz CT molecular complexity index is 362. The molecule has 0 fully saturated rings. The van der Waals surface area contributed by atoms with Crippen LogP contribution in [0.4, 0.5) is 13.2 Å². The highest BCUT2D eigenvalue weighted by Gasteiger charge is 2.39. The van der Waals surface area contributed by atoms with Gasteiger partial charge >= 0.3 is 6.18 Å². The second-order valence-corrected chi connectivity index (χ2v) is 4.30. The number of hydrogen-bond donors (Lipinski definition) is 1. The predicted molar refractivity (Wildman–Crippen MR) is 55.4 cm³/mol. The molecule has 1 rings (SSSR count). The topological polar surface area (TPSA) is 51.0 Å². The Morgan fingerprint density at radius 2 is 1.82 bits per heavy atom. The van der Waals surface area contributed by atoms with E-state index in [2.05, 4.69) is 15.5 Å². The Hall–Kier alpha value is -1.11. The van der Waals surface area contributed by atoms with Gasteiger partial charge in [-0.2, -0.15) is 18.2 Å². The number of likely N-dealkylation sites (N-methyl/N-ethyl adjacent to an activating group) is 1. The van der Waals surface area contributed by atoms with E-state index in [1.807, 2.05) is 20.8 Å². The Morgan fingerprint density at radius 3 is 2.18 bits per heavy atom. The lowest BCUT2D eigenvalue weighted by Gasteiger charge is -2.23. The van der Waals surface area contributed by atoms with E-state index in [9.17, 15) is 13.2 Å². The van der Waals surface area contributed by atoms with Gasteiger partial charge in [0.15, 0.2) is 0 Å². The minimum Gasteiger partial charge on any atom is -0.339 e. The molecule has 0 aromatic carbocycles. The number of halogens is 3. The van der Waals surface area contributed by atoms with Crippen molar-refractivity contribution in [2.24, 2.45) is 5.92 Å². The molecule has 7 heteroatoms. The van der Waals surface area contributed by atoms with E-state index in [1.54, 1.807) is 7.05 Å². The maximum atomic E-state index is 12.3. The molecule has 0 spiro atoms. The summed E-state index contributed by atoms with van der Waals surface area (Å²) in [6.07, 6.45) is -4.56. The van der Waals surface area contributed by atoms with Gasteiger partial charge in [-0.05, 0) is 19.9 Å². The molecule has 0 amide bonds. The van der Waals surface area contributed by atoms with Gasteiger partial charge in [0, 0.05) is 6.04 Å². The summed E-state index contributed by atoms with van der Waals surface area (Å²) >= 11 is 0. The average Bonchev–Trinajstić information content (AvgIpc) is 2.65. The molecule has 2 unspecified atom stereocenters. The van der Waals surface area contributed by atoms with Gasteiger partial charge in [0.2, 0.25) is 5.89 Å². The first-order valence-corrected chi connectivity index (χ1v) is 5.35. The highest BCUT2D eigenvalue weighted by Crippen LogP contribution is 2.31. The third kappa shape index (κ3) is 3.18. The van der Waals surface area contributed by atoms with Crippen LogP contribution in [0.5, 0.6) is 0 Å². The molecule has 0 radical (unpaired) electrons. The average molecular weight is 251 g/mol. The number of aromatic nitrogens is 2. The molecule has 98 valence electrons. The van der Waals surface area contributed by atoms with E-state index >= 15 is 0 Å². The third-order valence-corrected chi connectivity index (χ3v) is 2.69. The molecule has 0 bridgehead atoms. The molecule has 0 aliphatic carbocycles. The van der Waals surface area contributed by atoms with Crippen molar-refractivity contribution >= 4 is 0 Å². The summed E-state index contributed by atoms with van der Waals surface area (Å²) in [7, 11) is 1.74. The van der Waals surface area contributed by atoms with E-state index in [1.165, 1.54) is 0 Å². The van der Waals surface area contributed by atoms with Crippen molar-refractivity contribution in [3.05, 3.63) is 11.7 Å². The minimum absolute atomic E-state index is 0.0224. The van der Waals surface area contributed by atoms with Gasteiger partial charge in [-0.1, -0.05) is 19.0 Å². The van der Waals surface area contributed by atoms with Crippen LogP contribution in [0.1, 0.15) is 38.4 Å². The van der Waals surface area contributed by atoms with Gasteiger partial charge < -0.3 is 9.84 Å². The smallest absolute Gasteiger partial charge is 0.339 e. The van der Waals surface area contributed by atoms with Gasteiger partial charge in [-0.3, -0.25) is 0 Å². The van der Waals surface area contributed by atoms with Crippen molar-refractivity contribution in [3.63, 3.8) is 0 Å². The van der Waals surface area contributed by atoms with E-state index in [0.29, 0.717) is 0 Å². The molecule has 1 aromatic heterocycles. The van der Waals surface area contributed by atoms with E-state index in [4.69, 9.17) is 4.52 Å². The predicted octanol–water partition coefficient (Wildman–Crippen LogP) is 2.44. The largest absolute Gasteiger partial charge is 0.455 e. The molecular formula is C10H16F3N3O. The molecular weight excluding hydrogens is 235 g/mol. The molecule has 0 saturated carbocycles. The van der Waals surface area contributed by atoms with Crippen molar-refractivity contribution < 1.29 is 17.7 Å². The van der Waals surface area contributed by atoms with Crippen LogP contribution in [0.3, 0.4) is 0 Å². The Kier molecular flexibility index (Phi) is 4.13. The number of alkyl halides is 3. The molecule has 0 saturated heterocycles. The Labute approximate surface area is 97.6 Å². The molecule has 2 atom stereocenters. The maximum Gasteiger partial charge on any atom is 0.455 e. The maximum absolute atomic E-state index is 12.3. The summed E-state index contributed by atoms with van der Waals surface area (Å²) in [4.78, 5) is 3.43. The van der Waals surface area contributed by atoms with Crippen LogP contribution in [-0.2, 0) is 6.18 Å². The first-order chi connectivity index (χ1) is 7.77. The fourth-order valence-corrected chi connectivity index (χ4v) is 1.74. The van der Waals surface area contributed by atoms with Gasteiger partial charge in [-0.25, -0.2) is 0 Å². The highest BCUT2D eigenvalue weighted by molar-refractivity contribution is 5.01. The summed E-state index contributed by atoms with van der Waals surface area (Å²) in [6, 6.07) is -0.0449. The fraction of sp³-hybridized carbons (Fsp3) is 0.800. The Morgan fingerprint density at radius 1 is 1.24 bits per heavy atom. The van der Waals surface area contributed by atoms with Gasteiger partial charge in [0.1, 0.15) is 0 Å². The van der Waals surface area contributed by atoms with Crippen LogP contribution in [0.15, 0.2) is 4.52 Å². The lowest BCUT2D eigenvalue weighted by molar-refractivity contribution is -0.146. The number of hydrogen-bond acceptors (Lipinski definition) is 4. The summed E-state index contributed by atoms with van der Waals surface area (Å²) in [5, 5.41) is 5.95. The van der Waals surface area contributed by atoms with Gasteiger partial charge in [-0.15, -0.1) is 0 Å². The van der Waals surface area contributed by atoms with Crippen molar-refractivity contribution in [3.8, 4) is 0 Å². The van der Waals surface area contributed by atoms with Crippen LogP contribution in [0.2, 0.25) is 0 Å². The zero-order chi connectivity index (χ0) is 13.2. The SMILES string of the molecule is CNC(C)C(c1nc(C(F)(F)F)no1)C(C)C. The lowest BCUT2D eigenvalue weighted by atomic mass is 9.89. The monoisotopic (exact) mass is 251 g/mol. The van der Waals surface area contributed by atoms with Gasteiger partial charge in [0.05, 0.1) is 5.92 Å². The summed E-state index contributed by atoms with van der Waals surface area (Å²) in [5.74, 6) is -1.35. The lowest BCUT2D eigenvalue weighted by Crippen LogP contribution is -2.32. The second kappa shape index (κ2) is 5.03. The normalized spacial score (nSPS) is 16.2. The molecule has 0 aliphatic heterocycles. The van der Waals surface area contributed by atoms with Crippen molar-refractivity contribution in [1.82, 2.24) is 15.5 Å². The second-order valence-electron chi connectivity index (χ2n) is 4.30. The summed E-state index contributed by atoms with van der Waals surface area (Å²) in [5.41, 5.74) is 0. The molecule has 4 nitrogen and oxygen atoms in total. The van der Waals surface area contributed by atoms with Crippen molar-refractivity contribution in [1.29, 1.82) is 0 Å². The fourth-order valence-electron chi connectivity index (χ4n) is 1.74. The summed E-state index contributed by atoms with van der Waals surface area (Å²) in [6.45, 7) is 5.66. The molecule has 0 aliphatic rings. The molecule has 17 heavy (non-hydrogen) atoms. The minimum atomic E-state index is -4.56. The highest BCUT2D eigenvalue weighted by atomic mass is 19.4. The zero-order valence-corrected chi connectivity index (χ0v) is 10.2. The first kappa shape index (κ1) is 14.0. The number of nitrogens with one attached hydrogen (secondary N) is 1. The molecule has 1 heterocycles. The number of nitrogens with zero attached hydrogens (tertiary/aromatic N) is 2. The van der Waals surface area contributed by atoms with Crippen molar-refractivity contribution in [2.45, 2.75) is 38.9 Å². The van der Waals surface area contributed by atoms with Gasteiger partial charge in [0.25, 0.3) is 5.82 Å². The first-order valence-electron chi connectivity index (χ1n) is 5.35. The molecule has 1 aromatic rings. The Balaban J connectivity index is 3.00. The number of rotatable bonds is 4. The quantitative estimate of drug-likeness (QED) is 0.893. The van der Waals surface area contributed by atoms with Crippen LogP contribution in [0.25, 0.3) is 0 Å². The van der Waals surface area contributed by atoms with Crippen molar-refractivity contribution in [2.75, 3.05) is 7.05 Å². The van der Waals surface area contributed by atoms with E-state index < -0.39 is 12.0 Å². The van der Waals surface area contributed by atoms with E-state index in [-0.39, 0.29) is 23.8 Å². The van der Waals surface area contributed by atoms with Crippen LogP contribution < -0.4 is 5.32 Å². The van der Waals surface area contributed by atoms with E-state index in [0.717, 1.165) is 0 Å². The summed E-state index contributed by atoms with van der Waals surface area (Å²) < 4.78 is 41.8. The van der Waals surface area contributed by atoms with Crippen LogP contribution >= 0.6 is 0 Å².